The summed E-state index contributed by atoms with van der Waals surface area (Å²) in [6.45, 7) is 0.960. The highest BCUT2D eigenvalue weighted by molar-refractivity contribution is 5.91. The number of amides is 1. The SMILES string of the molecule is O=C(c1ccc([N+](=O)[O-])o1)N1CCCCO1. The zero-order valence-corrected chi connectivity index (χ0v) is 8.42. The second kappa shape index (κ2) is 4.31. The van der Waals surface area contributed by atoms with Crippen LogP contribution in [0.25, 0.3) is 0 Å². The lowest BCUT2D eigenvalue weighted by Gasteiger charge is -2.24. The Labute approximate surface area is 90.7 Å². The average molecular weight is 226 g/mol. The fourth-order valence-electron chi connectivity index (χ4n) is 1.42. The van der Waals surface area contributed by atoms with Gasteiger partial charge in [0.05, 0.1) is 12.7 Å². The molecule has 0 N–H and O–H groups in total. The third-order valence-electron chi connectivity index (χ3n) is 2.21. The maximum atomic E-state index is 11.7. The molecular weight excluding hydrogens is 216 g/mol. The quantitative estimate of drug-likeness (QED) is 0.561. The molecular formula is C9H10N2O5. The Bertz CT molecular complexity index is 408. The minimum Gasteiger partial charge on any atom is -0.395 e. The van der Waals surface area contributed by atoms with E-state index in [0.717, 1.165) is 18.9 Å². The van der Waals surface area contributed by atoms with Crippen LogP contribution < -0.4 is 0 Å². The van der Waals surface area contributed by atoms with Crippen LogP contribution in [0.3, 0.4) is 0 Å². The summed E-state index contributed by atoms with van der Waals surface area (Å²) in [5.74, 6) is -0.998. The first-order chi connectivity index (χ1) is 7.68. The van der Waals surface area contributed by atoms with E-state index in [9.17, 15) is 14.9 Å². The fraction of sp³-hybridized carbons (Fsp3) is 0.444. The Morgan fingerprint density at radius 2 is 2.25 bits per heavy atom. The first kappa shape index (κ1) is 10.6. The Morgan fingerprint density at radius 1 is 1.44 bits per heavy atom. The van der Waals surface area contributed by atoms with Crippen molar-refractivity contribution in [1.82, 2.24) is 5.06 Å². The highest BCUT2D eigenvalue weighted by Crippen LogP contribution is 2.18. The van der Waals surface area contributed by atoms with Gasteiger partial charge in [-0.05, 0) is 18.9 Å². The number of carbonyl (C=O) groups is 1. The predicted molar refractivity (Wildman–Crippen MR) is 51.6 cm³/mol. The Balaban J connectivity index is 2.10. The number of rotatable bonds is 2. The van der Waals surface area contributed by atoms with Crippen LogP contribution in [-0.2, 0) is 4.84 Å². The molecule has 2 rings (SSSR count). The minimum atomic E-state index is -0.687. The summed E-state index contributed by atoms with van der Waals surface area (Å²) in [6, 6.07) is 2.43. The van der Waals surface area contributed by atoms with Crippen molar-refractivity contribution in [1.29, 1.82) is 0 Å². The maximum absolute atomic E-state index is 11.7. The number of nitro groups is 1. The van der Waals surface area contributed by atoms with Crippen molar-refractivity contribution >= 4 is 11.8 Å². The smallest absolute Gasteiger partial charge is 0.395 e. The number of hydrogen-bond donors (Lipinski definition) is 0. The van der Waals surface area contributed by atoms with E-state index in [1.807, 2.05) is 0 Å². The standard InChI is InChI=1S/C9H10N2O5/c12-9(10-5-1-2-6-15-10)7-3-4-8(16-7)11(13)14/h3-4H,1-2,5-6H2. The van der Waals surface area contributed by atoms with Gasteiger partial charge in [-0.2, -0.15) is 0 Å². The molecule has 1 aliphatic heterocycles. The molecule has 86 valence electrons. The molecule has 1 saturated heterocycles. The number of carbonyl (C=O) groups excluding carboxylic acids is 1. The highest BCUT2D eigenvalue weighted by atomic mass is 16.7. The van der Waals surface area contributed by atoms with E-state index in [1.165, 1.54) is 11.1 Å². The topological polar surface area (TPSA) is 85.8 Å². The van der Waals surface area contributed by atoms with Gasteiger partial charge in [0.1, 0.15) is 4.92 Å². The van der Waals surface area contributed by atoms with Crippen LogP contribution in [0.5, 0.6) is 0 Å². The molecule has 1 aromatic heterocycles. The second-order valence-corrected chi connectivity index (χ2v) is 3.34. The molecule has 0 radical (unpaired) electrons. The lowest BCUT2D eigenvalue weighted by atomic mass is 10.3. The number of hydroxylamine groups is 2. The summed E-state index contributed by atoms with van der Waals surface area (Å²) in [5, 5.41) is 11.5. The van der Waals surface area contributed by atoms with E-state index < -0.39 is 16.7 Å². The number of furan rings is 1. The van der Waals surface area contributed by atoms with Gasteiger partial charge in [0.25, 0.3) is 0 Å². The monoisotopic (exact) mass is 226 g/mol. The fourth-order valence-corrected chi connectivity index (χ4v) is 1.42. The molecule has 1 aromatic rings. The molecule has 7 nitrogen and oxygen atoms in total. The zero-order valence-electron chi connectivity index (χ0n) is 8.42. The van der Waals surface area contributed by atoms with Crippen LogP contribution in [0.1, 0.15) is 23.4 Å². The van der Waals surface area contributed by atoms with Gasteiger partial charge in [0.15, 0.2) is 0 Å². The van der Waals surface area contributed by atoms with Crippen molar-refractivity contribution in [2.24, 2.45) is 0 Å². The molecule has 1 aliphatic rings. The van der Waals surface area contributed by atoms with E-state index in [2.05, 4.69) is 0 Å². The summed E-state index contributed by atoms with van der Waals surface area (Å²) in [6.07, 6.45) is 1.76. The van der Waals surface area contributed by atoms with Gasteiger partial charge in [-0.1, -0.05) is 0 Å². The molecule has 0 spiro atoms. The van der Waals surface area contributed by atoms with E-state index in [1.54, 1.807) is 0 Å². The second-order valence-electron chi connectivity index (χ2n) is 3.34. The van der Waals surface area contributed by atoms with Gasteiger partial charge in [-0.25, -0.2) is 5.06 Å². The van der Waals surface area contributed by atoms with Crippen molar-refractivity contribution in [3.63, 3.8) is 0 Å². The largest absolute Gasteiger partial charge is 0.433 e. The van der Waals surface area contributed by atoms with E-state index in [4.69, 9.17) is 9.25 Å². The van der Waals surface area contributed by atoms with Crippen LogP contribution in [0.15, 0.2) is 16.5 Å². The van der Waals surface area contributed by atoms with E-state index in [-0.39, 0.29) is 5.76 Å². The molecule has 1 fully saturated rings. The van der Waals surface area contributed by atoms with Crippen LogP contribution in [0, 0.1) is 10.1 Å². The van der Waals surface area contributed by atoms with Crippen LogP contribution in [-0.4, -0.2) is 29.0 Å². The van der Waals surface area contributed by atoms with Gasteiger partial charge in [0.2, 0.25) is 5.76 Å². The first-order valence-electron chi connectivity index (χ1n) is 4.87. The van der Waals surface area contributed by atoms with Crippen molar-refractivity contribution in [2.45, 2.75) is 12.8 Å². The van der Waals surface area contributed by atoms with Gasteiger partial charge in [-0.3, -0.25) is 19.7 Å². The predicted octanol–water partition coefficient (Wildman–Crippen LogP) is 1.36. The molecule has 7 heteroatoms. The Morgan fingerprint density at radius 3 is 2.81 bits per heavy atom. The molecule has 0 aromatic carbocycles. The minimum absolute atomic E-state index is 0.0754. The van der Waals surface area contributed by atoms with Crippen LogP contribution in [0.4, 0.5) is 5.88 Å². The third kappa shape index (κ3) is 2.03. The van der Waals surface area contributed by atoms with Crippen LogP contribution in [0.2, 0.25) is 0 Å². The zero-order chi connectivity index (χ0) is 11.5. The first-order valence-corrected chi connectivity index (χ1v) is 4.87. The maximum Gasteiger partial charge on any atom is 0.433 e. The molecule has 0 aliphatic carbocycles. The summed E-state index contributed by atoms with van der Waals surface area (Å²) < 4.78 is 4.79. The molecule has 0 unspecified atom stereocenters. The molecule has 1 amide bonds. The normalized spacial score (nSPS) is 16.1. The van der Waals surface area contributed by atoms with Crippen molar-refractivity contribution in [3.05, 3.63) is 28.0 Å². The Hall–Kier alpha value is -1.89. The van der Waals surface area contributed by atoms with Crippen LogP contribution >= 0.6 is 0 Å². The van der Waals surface area contributed by atoms with Gasteiger partial charge < -0.3 is 4.42 Å². The van der Waals surface area contributed by atoms with Gasteiger partial charge in [0, 0.05) is 6.54 Å². The number of nitrogens with zero attached hydrogens (tertiary/aromatic N) is 2. The summed E-state index contributed by atoms with van der Waals surface area (Å²) in [7, 11) is 0. The third-order valence-corrected chi connectivity index (χ3v) is 2.21. The van der Waals surface area contributed by atoms with E-state index in [0.29, 0.717) is 13.2 Å². The van der Waals surface area contributed by atoms with Gasteiger partial charge >= 0.3 is 11.8 Å². The van der Waals surface area contributed by atoms with Gasteiger partial charge in [-0.15, -0.1) is 0 Å². The lowest BCUT2D eigenvalue weighted by Crippen LogP contribution is -2.35. The molecule has 0 saturated carbocycles. The number of hydrogen-bond acceptors (Lipinski definition) is 5. The van der Waals surface area contributed by atoms with E-state index >= 15 is 0 Å². The molecule has 0 bridgehead atoms. The highest BCUT2D eigenvalue weighted by Gasteiger charge is 2.24. The lowest BCUT2D eigenvalue weighted by molar-refractivity contribution is -0.402. The molecule has 2 heterocycles. The summed E-state index contributed by atoms with van der Waals surface area (Å²) in [4.78, 5) is 26.5. The summed E-state index contributed by atoms with van der Waals surface area (Å²) >= 11 is 0. The molecule has 0 atom stereocenters. The van der Waals surface area contributed by atoms with Crippen molar-refractivity contribution in [2.75, 3.05) is 13.2 Å². The van der Waals surface area contributed by atoms with Crippen molar-refractivity contribution < 1.29 is 19.0 Å². The Kier molecular flexibility index (Phi) is 2.86. The van der Waals surface area contributed by atoms with Crippen molar-refractivity contribution in [3.8, 4) is 0 Å². The average Bonchev–Trinajstić information content (AvgIpc) is 2.78. The summed E-state index contributed by atoms with van der Waals surface area (Å²) in [5.41, 5.74) is 0. The molecule has 16 heavy (non-hydrogen) atoms.